The highest BCUT2D eigenvalue weighted by molar-refractivity contribution is 5.70. The largest absolute Gasteiger partial charge is 0.443 e. The van der Waals surface area contributed by atoms with Crippen molar-refractivity contribution in [2.24, 2.45) is 0 Å². The highest BCUT2D eigenvalue weighted by atomic mass is 16.6. The number of nitrogens with zero attached hydrogens (tertiary/aromatic N) is 2. The molecule has 0 unspecified atom stereocenters. The molecule has 0 N–H and O–H groups in total. The topological polar surface area (TPSA) is 32.8 Å². The van der Waals surface area contributed by atoms with Gasteiger partial charge in [-0.15, -0.1) is 0 Å². The molecular weight excluding hydrogens is 240 g/mol. The lowest BCUT2D eigenvalue weighted by Crippen LogP contribution is -2.40. The molecule has 2 aliphatic rings. The molecule has 2 rings (SSSR count). The zero-order valence-electron chi connectivity index (χ0n) is 12.2. The van der Waals surface area contributed by atoms with Crippen molar-refractivity contribution in [3.63, 3.8) is 0 Å². The number of carbonyl (C=O) groups excluding carboxylic acids is 1. The second-order valence-corrected chi connectivity index (χ2v) is 6.16. The van der Waals surface area contributed by atoms with Crippen LogP contribution in [0.15, 0.2) is 24.0 Å². The smallest absolute Gasteiger partial charge is 0.414 e. The fourth-order valence-corrected chi connectivity index (χ4v) is 2.37. The van der Waals surface area contributed by atoms with Crippen molar-refractivity contribution >= 4 is 6.09 Å². The molecular formula is C15H24N2O2. The molecule has 0 spiro atoms. The minimum absolute atomic E-state index is 0.272. The average Bonchev–Trinajstić information content (AvgIpc) is 2.38. The number of likely N-dealkylation sites (tertiary alicyclic amines) is 1. The number of hydrogen-bond acceptors (Lipinski definition) is 3. The molecule has 19 heavy (non-hydrogen) atoms. The van der Waals surface area contributed by atoms with Gasteiger partial charge in [0.1, 0.15) is 5.60 Å². The van der Waals surface area contributed by atoms with Gasteiger partial charge in [0.15, 0.2) is 0 Å². The lowest BCUT2D eigenvalue weighted by Gasteiger charge is -2.35. The molecule has 0 saturated carbocycles. The van der Waals surface area contributed by atoms with E-state index in [9.17, 15) is 4.79 Å². The van der Waals surface area contributed by atoms with E-state index in [1.54, 1.807) is 11.1 Å². The summed E-state index contributed by atoms with van der Waals surface area (Å²) in [6.07, 6.45) is 9.35. The van der Waals surface area contributed by atoms with E-state index < -0.39 is 5.60 Å². The highest BCUT2D eigenvalue weighted by Crippen LogP contribution is 2.20. The van der Waals surface area contributed by atoms with Gasteiger partial charge < -0.3 is 9.64 Å². The van der Waals surface area contributed by atoms with Crippen LogP contribution in [0.2, 0.25) is 0 Å². The predicted octanol–water partition coefficient (Wildman–Crippen LogP) is 3.12. The first-order chi connectivity index (χ1) is 8.96. The molecule has 1 amide bonds. The number of allylic oxidation sites excluding steroid dienone is 2. The van der Waals surface area contributed by atoms with E-state index in [0.29, 0.717) is 6.54 Å². The van der Waals surface area contributed by atoms with Crippen LogP contribution in [0.5, 0.6) is 0 Å². The second kappa shape index (κ2) is 5.68. The van der Waals surface area contributed by atoms with Gasteiger partial charge in [-0.25, -0.2) is 4.79 Å². The summed E-state index contributed by atoms with van der Waals surface area (Å²) in [4.78, 5) is 16.1. The van der Waals surface area contributed by atoms with Gasteiger partial charge in [0.2, 0.25) is 0 Å². The van der Waals surface area contributed by atoms with Crippen molar-refractivity contribution in [3.05, 3.63) is 24.0 Å². The Bertz CT molecular complexity index is 387. The van der Waals surface area contributed by atoms with E-state index in [4.69, 9.17) is 4.74 Å². The molecule has 4 heteroatoms. The van der Waals surface area contributed by atoms with Crippen LogP contribution >= 0.6 is 0 Å². The zero-order valence-corrected chi connectivity index (χ0v) is 12.2. The van der Waals surface area contributed by atoms with Crippen LogP contribution in [0, 0.1) is 0 Å². The van der Waals surface area contributed by atoms with Gasteiger partial charge >= 0.3 is 6.09 Å². The fraction of sp³-hybridized carbons (Fsp3) is 0.667. The van der Waals surface area contributed by atoms with Crippen molar-refractivity contribution < 1.29 is 9.53 Å². The first-order valence-electron chi connectivity index (χ1n) is 7.08. The summed E-state index contributed by atoms with van der Waals surface area (Å²) in [5, 5.41) is 0. The predicted molar refractivity (Wildman–Crippen MR) is 75.6 cm³/mol. The molecule has 0 aromatic carbocycles. The summed E-state index contributed by atoms with van der Waals surface area (Å²) in [7, 11) is 0. The maximum absolute atomic E-state index is 12.0. The summed E-state index contributed by atoms with van der Waals surface area (Å²) in [6, 6.07) is 0. The van der Waals surface area contributed by atoms with Crippen LogP contribution in [0.3, 0.4) is 0 Å². The van der Waals surface area contributed by atoms with Crippen molar-refractivity contribution in [2.45, 2.75) is 45.6 Å². The Morgan fingerprint density at radius 1 is 1.21 bits per heavy atom. The van der Waals surface area contributed by atoms with Gasteiger partial charge in [-0.1, -0.05) is 0 Å². The van der Waals surface area contributed by atoms with Crippen LogP contribution in [-0.2, 0) is 4.74 Å². The molecule has 0 bridgehead atoms. The Labute approximate surface area is 115 Å². The standard InChI is InChI=1S/C15H24N2O2/c1-15(2,3)19-14(18)17-11-7-8-13(12-17)16-9-5-4-6-10-16/h7-8,11H,4-6,9-10,12H2,1-3H3. The van der Waals surface area contributed by atoms with Gasteiger partial charge in [-0.3, -0.25) is 4.90 Å². The third-order valence-corrected chi connectivity index (χ3v) is 3.28. The molecule has 0 aromatic rings. The Morgan fingerprint density at radius 2 is 1.89 bits per heavy atom. The molecule has 2 heterocycles. The number of ether oxygens (including phenoxy) is 1. The van der Waals surface area contributed by atoms with E-state index >= 15 is 0 Å². The number of amides is 1. The van der Waals surface area contributed by atoms with Crippen molar-refractivity contribution in [2.75, 3.05) is 19.6 Å². The fourth-order valence-electron chi connectivity index (χ4n) is 2.37. The summed E-state index contributed by atoms with van der Waals surface area (Å²) in [5.74, 6) is 0. The van der Waals surface area contributed by atoms with Crippen LogP contribution in [-0.4, -0.2) is 41.1 Å². The Kier molecular flexibility index (Phi) is 4.17. The third kappa shape index (κ3) is 4.01. The van der Waals surface area contributed by atoms with Crippen LogP contribution in [0.1, 0.15) is 40.0 Å². The first-order valence-corrected chi connectivity index (χ1v) is 7.08. The molecule has 0 aliphatic carbocycles. The molecule has 4 nitrogen and oxygen atoms in total. The van der Waals surface area contributed by atoms with Gasteiger partial charge in [-0.05, 0) is 52.2 Å². The Balaban J connectivity index is 1.95. The van der Waals surface area contributed by atoms with E-state index in [-0.39, 0.29) is 6.09 Å². The van der Waals surface area contributed by atoms with E-state index in [2.05, 4.69) is 11.0 Å². The molecule has 1 fully saturated rings. The summed E-state index contributed by atoms with van der Waals surface area (Å²) in [5.41, 5.74) is 0.769. The lowest BCUT2D eigenvalue weighted by molar-refractivity contribution is 0.0334. The monoisotopic (exact) mass is 264 g/mol. The Morgan fingerprint density at radius 3 is 2.53 bits per heavy atom. The molecule has 2 aliphatic heterocycles. The number of rotatable bonds is 1. The van der Waals surface area contributed by atoms with Crippen LogP contribution < -0.4 is 0 Å². The number of hydrogen-bond donors (Lipinski definition) is 0. The highest BCUT2D eigenvalue weighted by Gasteiger charge is 2.24. The molecule has 0 atom stereocenters. The minimum atomic E-state index is -0.447. The molecule has 1 saturated heterocycles. The Hall–Kier alpha value is -1.45. The minimum Gasteiger partial charge on any atom is -0.443 e. The van der Waals surface area contributed by atoms with E-state index in [0.717, 1.165) is 13.1 Å². The number of carbonyl (C=O) groups is 1. The first kappa shape index (κ1) is 14.0. The average molecular weight is 264 g/mol. The SMILES string of the molecule is CC(C)(C)OC(=O)N1C=CC=C(N2CCCCC2)C1. The van der Waals surface area contributed by atoms with Crippen molar-refractivity contribution in [1.29, 1.82) is 0 Å². The summed E-state index contributed by atoms with van der Waals surface area (Å²) < 4.78 is 5.40. The van der Waals surface area contributed by atoms with Gasteiger partial charge in [0, 0.05) is 25.0 Å². The maximum Gasteiger partial charge on any atom is 0.414 e. The molecule has 106 valence electrons. The summed E-state index contributed by atoms with van der Waals surface area (Å²) >= 11 is 0. The zero-order chi connectivity index (χ0) is 13.9. The maximum atomic E-state index is 12.0. The van der Waals surface area contributed by atoms with Gasteiger partial charge in [0.25, 0.3) is 0 Å². The molecule has 0 aromatic heterocycles. The lowest BCUT2D eigenvalue weighted by atomic mass is 10.1. The quantitative estimate of drug-likeness (QED) is 0.729. The van der Waals surface area contributed by atoms with Crippen LogP contribution in [0.4, 0.5) is 4.79 Å². The van der Waals surface area contributed by atoms with Crippen LogP contribution in [0.25, 0.3) is 0 Å². The second-order valence-electron chi connectivity index (χ2n) is 6.16. The van der Waals surface area contributed by atoms with E-state index in [1.165, 1.54) is 25.0 Å². The van der Waals surface area contributed by atoms with Crippen molar-refractivity contribution in [1.82, 2.24) is 9.80 Å². The van der Waals surface area contributed by atoms with E-state index in [1.807, 2.05) is 26.8 Å². The third-order valence-electron chi connectivity index (χ3n) is 3.28. The molecule has 0 radical (unpaired) electrons. The van der Waals surface area contributed by atoms with Crippen molar-refractivity contribution in [3.8, 4) is 0 Å². The number of piperidine rings is 1. The normalized spacial score (nSPS) is 20.3. The summed E-state index contributed by atoms with van der Waals surface area (Å²) in [6.45, 7) is 8.48. The van der Waals surface area contributed by atoms with Gasteiger partial charge in [0.05, 0.1) is 6.54 Å². The van der Waals surface area contributed by atoms with Gasteiger partial charge in [-0.2, -0.15) is 0 Å².